The number of hydrogen-bond acceptors (Lipinski definition) is 3. The second-order valence-electron chi connectivity index (χ2n) is 9.52. The maximum absolute atomic E-state index is 13.7. The minimum atomic E-state index is -3.99. The molecule has 1 atom stereocenters. The van der Waals surface area contributed by atoms with Gasteiger partial charge in [0.1, 0.15) is 6.54 Å². The van der Waals surface area contributed by atoms with Crippen LogP contribution in [0.3, 0.4) is 0 Å². The van der Waals surface area contributed by atoms with E-state index >= 15 is 0 Å². The molecule has 0 saturated carbocycles. The largest absolute Gasteiger partial charge is 0.348 e. The van der Waals surface area contributed by atoms with Crippen LogP contribution >= 0.6 is 11.6 Å². The number of benzene rings is 3. The number of hydrogen-bond donors (Lipinski definition) is 1. The molecule has 1 aliphatic rings. The van der Waals surface area contributed by atoms with Gasteiger partial charge in [-0.15, -0.1) is 0 Å². The van der Waals surface area contributed by atoms with Gasteiger partial charge in [0.05, 0.1) is 16.6 Å². The molecule has 0 saturated heterocycles. The monoisotopic (exact) mass is 524 g/mol. The second-order valence-corrected chi connectivity index (χ2v) is 11.8. The summed E-state index contributed by atoms with van der Waals surface area (Å²) in [6.45, 7) is 5.38. The van der Waals surface area contributed by atoms with Crippen LogP contribution in [0.25, 0.3) is 0 Å². The lowest BCUT2D eigenvalue weighted by Crippen LogP contribution is -2.42. The molecule has 0 fully saturated rings. The summed E-state index contributed by atoms with van der Waals surface area (Å²) in [6, 6.07) is 17.9. The molecule has 7 heteroatoms. The van der Waals surface area contributed by atoms with Gasteiger partial charge in [0.15, 0.2) is 0 Å². The maximum atomic E-state index is 13.7. The van der Waals surface area contributed by atoms with Gasteiger partial charge in [-0.05, 0) is 98.5 Å². The van der Waals surface area contributed by atoms with E-state index in [1.165, 1.54) is 28.3 Å². The number of rotatable bonds is 8. The summed E-state index contributed by atoms with van der Waals surface area (Å²) in [5.41, 5.74) is 5.86. The third-order valence-corrected chi connectivity index (χ3v) is 8.85. The van der Waals surface area contributed by atoms with Crippen molar-refractivity contribution >= 4 is 33.2 Å². The fourth-order valence-electron chi connectivity index (χ4n) is 4.80. The predicted molar refractivity (Wildman–Crippen MR) is 146 cm³/mol. The molecule has 0 heterocycles. The van der Waals surface area contributed by atoms with Crippen molar-refractivity contribution in [3.05, 3.63) is 93.5 Å². The summed E-state index contributed by atoms with van der Waals surface area (Å²) in [5, 5.41) is 3.59. The first-order valence-corrected chi connectivity index (χ1v) is 14.3. The zero-order valence-electron chi connectivity index (χ0n) is 21.1. The molecule has 0 radical (unpaired) electrons. The van der Waals surface area contributed by atoms with Crippen molar-refractivity contribution in [3.63, 3.8) is 0 Å². The van der Waals surface area contributed by atoms with Gasteiger partial charge in [-0.25, -0.2) is 8.42 Å². The normalized spacial score (nSPS) is 14.1. The lowest BCUT2D eigenvalue weighted by molar-refractivity contribution is -0.120. The van der Waals surface area contributed by atoms with E-state index in [1.54, 1.807) is 49.4 Å². The van der Waals surface area contributed by atoms with Gasteiger partial charge in [0, 0.05) is 5.02 Å². The summed E-state index contributed by atoms with van der Waals surface area (Å²) >= 11 is 6.13. The number of nitrogens with zero attached hydrogens (tertiary/aromatic N) is 1. The number of amides is 1. The molecule has 0 aromatic heterocycles. The summed E-state index contributed by atoms with van der Waals surface area (Å²) in [7, 11) is -3.99. The average molecular weight is 525 g/mol. The Labute approximate surface area is 219 Å². The lowest BCUT2D eigenvalue weighted by Gasteiger charge is -2.27. The van der Waals surface area contributed by atoms with Crippen LogP contribution < -0.4 is 9.62 Å². The third-order valence-electron chi connectivity index (χ3n) is 6.84. The smallest absolute Gasteiger partial charge is 0.264 e. The van der Waals surface area contributed by atoms with Gasteiger partial charge in [-0.1, -0.05) is 54.4 Å². The molecule has 3 aromatic carbocycles. The minimum absolute atomic E-state index is 0.136. The molecule has 4 rings (SSSR count). The van der Waals surface area contributed by atoms with Crippen LogP contribution in [0.2, 0.25) is 5.02 Å². The Morgan fingerprint density at radius 1 is 0.972 bits per heavy atom. The summed E-state index contributed by atoms with van der Waals surface area (Å²) in [5.74, 6) is -0.357. The van der Waals surface area contributed by atoms with Crippen molar-refractivity contribution in [2.75, 3.05) is 10.8 Å². The van der Waals surface area contributed by atoms with Crippen molar-refractivity contribution < 1.29 is 13.2 Å². The number of carbonyl (C=O) groups is 1. The number of anilines is 1. The van der Waals surface area contributed by atoms with Gasteiger partial charge < -0.3 is 5.32 Å². The van der Waals surface area contributed by atoms with Crippen molar-refractivity contribution in [3.8, 4) is 0 Å². The van der Waals surface area contributed by atoms with Crippen molar-refractivity contribution in [2.24, 2.45) is 0 Å². The standard InChI is InChI=1S/C29H33ClN2O3S/c1-4-27(24-12-11-22-7-5-6-8-23(22)18-24)31-29(33)19-32(28-16-13-25(30)17-21(28)3)36(34,35)26-14-9-20(2)10-15-26/h9-18,27H,4-8,19H2,1-3H3,(H,31,33)/t27-/m1/s1. The van der Waals surface area contributed by atoms with Crippen molar-refractivity contribution in [2.45, 2.75) is 63.8 Å². The number of carbonyl (C=O) groups excluding carboxylic acids is 1. The number of aryl methyl sites for hydroxylation is 4. The molecule has 1 N–H and O–H groups in total. The Balaban J connectivity index is 1.62. The van der Waals surface area contributed by atoms with E-state index in [2.05, 4.69) is 23.5 Å². The van der Waals surface area contributed by atoms with Crippen LogP contribution in [0.4, 0.5) is 5.69 Å². The van der Waals surface area contributed by atoms with E-state index in [0.717, 1.165) is 24.0 Å². The molecule has 3 aromatic rings. The minimum Gasteiger partial charge on any atom is -0.348 e. The number of nitrogens with one attached hydrogen (secondary N) is 1. The Hall–Kier alpha value is -2.83. The van der Waals surface area contributed by atoms with Gasteiger partial charge in [-0.2, -0.15) is 0 Å². The van der Waals surface area contributed by atoms with Crippen LogP contribution in [0, 0.1) is 13.8 Å². The van der Waals surface area contributed by atoms with Gasteiger partial charge in [-0.3, -0.25) is 9.10 Å². The van der Waals surface area contributed by atoms with Crippen LogP contribution in [0.1, 0.15) is 60.0 Å². The summed E-state index contributed by atoms with van der Waals surface area (Å²) < 4.78 is 28.6. The Kier molecular flexibility index (Phi) is 8.06. The highest BCUT2D eigenvalue weighted by atomic mass is 35.5. The number of halogens is 1. The molecule has 0 aliphatic heterocycles. The van der Waals surface area contributed by atoms with Crippen LogP contribution in [-0.4, -0.2) is 20.9 Å². The van der Waals surface area contributed by atoms with E-state index in [-0.39, 0.29) is 23.4 Å². The maximum Gasteiger partial charge on any atom is 0.264 e. The molecular formula is C29H33ClN2O3S. The zero-order chi connectivity index (χ0) is 25.9. The molecule has 0 unspecified atom stereocenters. The summed E-state index contributed by atoms with van der Waals surface area (Å²) in [4.78, 5) is 13.5. The van der Waals surface area contributed by atoms with E-state index in [1.807, 2.05) is 13.8 Å². The van der Waals surface area contributed by atoms with Gasteiger partial charge in [0.2, 0.25) is 5.91 Å². The highest BCUT2D eigenvalue weighted by Crippen LogP contribution is 2.30. The fraction of sp³-hybridized carbons (Fsp3) is 0.345. The topological polar surface area (TPSA) is 66.5 Å². The van der Waals surface area contributed by atoms with Crippen molar-refractivity contribution in [1.29, 1.82) is 0 Å². The Bertz CT molecular complexity index is 1350. The molecule has 1 aliphatic carbocycles. The van der Waals surface area contributed by atoms with E-state index in [0.29, 0.717) is 22.7 Å². The average Bonchev–Trinajstić information content (AvgIpc) is 2.86. The lowest BCUT2D eigenvalue weighted by atomic mass is 9.89. The third kappa shape index (κ3) is 5.76. The van der Waals surface area contributed by atoms with Gasteiger partial charge >= 0.3 is 0 Å². The Morgan fingerprint density at radius 2 is 1.67 bits per heavy atom. The van der Waals surface area contributed by atoms with E-state index in [9.17, 15) is 13.2 Å². The first-order chi connectivity index (χ1) is 17.2. The van der Waals surface area contributed by atoms with Crippen LogP contribution in [-0.2, 0) is 27.7 Å². The highest BCUT2D eigenvalue weighted by Gasteiger charge is 2.29. The van der Waals surface area contributed by atoms with Crippen molar-refractivity contribution in [1.82, 2.24) is 5.32 Å². The number of sulfonamides is 1. The van der Waals surface area contributed by atoms with E-state index < -0.39 is 10.0 Å². The highest BCUT2D eigenvalue weighted by molar-refractivity contribution is 7.92. The SMILES string of the molecule is CC[C@@H](NC(=O)CN(c1ccc(Cl)cc1C)S(=O)(=O)c1ccc(C)cc1)c1ccc2c(c1)CCCC2. The zero-order valence-corrected chi connectivity index (χ0v) is 22.6. The second kappa shape index (κ2) is 11.1. The Morgan fingerprint density at radius 3 is 2.33 bits per heavy atom. The first kappa shape index (κ1) is 26.2. The van der Waals surface area contributed by atoms with Crippen LogP contribution in [0.15, 0.2) is 65.6 Å². The molecule has 36 heavy (non-hydrogen) atoms. The molecule has 5 nitrogen and oxygen atoms in total. The van der Waals surface area contributed by atoms with E-state index in [4.69, 9.17) is 11.6 Å². The molecule has 0 bridgehead atoms. The molecular weight excluding hydrogens is 492 g/mol. The van der Waals surface area contributed by atoms with Gasteiger partial charge in [0.25, 0.3) is 10.0 Å². The first-order valence-electron chi connectivity index (χ1n) is 12.5. The molecule has 0 spiro atoms. The predicted octanol–water partition coefficient (Wildman–Crippen LogP) is 6.30. The molecule has 190 valence electrons. The fourth-order valence-corrected chi connectivity index (χ4v) is 6.51. The summed E-state index contributed by atoms with van der Waals surface area (Å²) in [6.07, 6.45) is 5.27. The van der Waals surface area contributed by atoms with Crippen LogP contribution in [0.5, 0.6) is 0 Å². The number of fused-ring (bicyclic) bond motifs is 1. The quantitative estimate of drug-likeness (QED) is 0.376. The molecule has 1 amide bonds.